The lowest BCUT2D eigenvalue weighted by Crippen LogP contribution is -2.16. The number of halogens is 2. The number of benzene rings is 2. The van der Waals surface area contributed by atoms with E-state index in [4.69, 9.17) is 11.1 Å². The minimum absolute atomic E-state index is 0.0200. The predicted octanol–water partition coefficient (Wildman–Crippen LogP) is 4.02. The molecule has 3 aromatic rings. The second kappa shape index (κ2) is 9.00. The highest BCUT2D eigenvalue weighted by molar-refractivity contribution is 7.92. The van der Waals surface area contributed by atoms with Gasteiger partial charge in [-0.2, -0.15) is 0 Å². The van der Waals surface area contributed by atoms with Crippen LogP contribution in [0.25, 0.3) is 0 Å². The van der Waals surface area contributed by atoms with Crippen LogP contribution in [0.15, 0.2) is 47.5 Å². The van der Waals surface area contributed by atoms with Gasteiger partial charge in [-0.15, -0.1) is 0 Å². The number of aromatic nitrogens is 1. The Bertz CT molecular complexity index is 1430. The Hall–Kier alpha value is -3.77. The van der Waals surface area contributed by atoms with Gasteiger partial charge < -0.3 is 11.1 Å². The normalized spacial score (nSPS) is 12.9. The van der Waals surface area contributed by atoms with Gasteiger partial charge in [0.25, 0.3) is 10.0 Å². The number of nitrogens with two attached hydrogens (primary N) is 1. The lowest BCUT2D eigenvalue weighted by Gasteiger charge is -2.17. The molecule has 0 saturated carbocycles. The van der Waals surface area contributed by atoms with E-state index in [-0.39, 0.29) is 10.7 Å². The van der Waals surface area contributed by atoms with Gasteiger partial charge in [0, 0.05) is 23.5 Å². The van der Waals surface area contributed by atoms with Crippen molar-refractivity contribution in [3.05, 3.63) is 82.0 Å². The number of pyridine rings is 1. The van der Waals surface area contributed by atoms with Gasteiger partial charge in [0.05, 0.1) is 16.1 Å². The van der Waals surface area contributed by atoms with Crippen LogP contribution in [-0.2, 0) is 22.9 Å². The molecule has 0 aliphatic heterocycles. The molecule has 0 spiro atoms. The molecule has 0 radical (unpaired) electrons. The quantitative estimate of drug-likeness (QED) is 0.399. The summed E-state index contributed by atoms with van der Waals surface area (Å²) in [5.41, 5.74) is 7.32. The Morgan fingerprint density at radius 3 is 2.58 bits per heavy atom. The fraction of sp³-hybridized carbons (Fsp3) is 0.167. The average molecular weight is 467 g/mol. The third-order valence-corrected chi connectivity index (χ3v) is 6.77. The number of anilines is 2. The Labute approximate surface area is 190 Å². The fourth-order valence-electron chi connectivity index (χ4n) is 3.64. The third-order valence-electron chi connectivity index (χ3n) is 5.40. The molecule has 0 saturated heterocycles. The first-order chi connectivity index (χ1) is 15.8. The van der Waals surface area contributed by atoms with Gasteiger partial charge in [-0.25, -0.2) is 22.2 Å². The lowest BCUT2D eigenvalue weighted by molar-refractivity contribution is 0.577. The van der Waals surface area contributed by atoms with Crippen molar-refractivity contribution >= 4 is 27.7 Å². The van der Waals surface area contributed by atoms with Crippen molar-refractivity contribution < 1.29 is 17.2 Å². The van der Waals surface area contributed by atoms with Crippen LogP contribution in [0.2, 0.25) is 0 Å². The van der Waals surface area contributed by atoms with E-state index < -0.39 is 32.9 Å². The zero-order valence-electron chi connectivity index (χ0n) is 17.5. The van der Waals surface area contributed by atoms with Gasteiger partial charge in [0.1, 0.15) is 11.6 Å². The van der Waals surface area contributed by atoms with Gasteiger partial charge in [-0.3, -0.25) is 4.72 Å². The molecule has 6 nitrogen and oxygen atoms in total. The maximum atomic E-state index is 15.0. The zero-order chi connectivity index (χ0) is 23.6. The first-order valence-corrected chi connectivity index (χ1v) is 11.7. The summed E-state index contributed by atoms with van der Waals surface area (Å²) in [4.78, 5) is 3.90. The van der Waals surface area contributed by atoms with E-state index in [0.717, 1.165) is 55.2 Å². The second-order valence-corrected chi connectivity index (χ2v) is 9.30. The van der Waals surface area contributed by atoms with Crippen molar-refractivity contribution in [3.8, 4) is 11.8 Å². The molecular weight excluding hydrogens is 446 g/mol. The number of hydrogen-bond donors (Lipinski definition) is 3. The van der Waals surface area contributed by atoms with Gasteiger partial charge in [0.15, 0.2) is 5.82 Å². The van der Waals surface area contributed by atoms with Crippen LogP contribution in [0.4, 0.5) is 20.3 Å². The van der Waals surface area contributed by atoms with Crippen LogP contribution in [0.5, 0.6) is 0 Å². The van der Waals surface area contributed by atoms with Crippen LogP contribution in [0.1, 0.15) is 40.7 Å². The first-order valence-electron chi connectivity index (χ1n) is 10.2. The van der Waals surface area contributed by atoms with Crippen LogP contribution in [0.3, 0.4) is 0 Å². The maximum Gasteiger partial charge on any atom is 0.261 e. The summed E-state index contributed by atoms with van der Waals surface area (Å²) < 4.78 is 57.3. The van der Waals surface area contributed by atoms with Crippen LogP contribution >= 0.6 is 0 Å². The van der Waals surface area contributed by atoms with Crippen molar-refractivity contribution in [1.82, 2.24) is 4.98 Å². The number of aryl methyl sites for hydroxylation is 2. The molecule has 0 fully saturated rings. The van der Waals surface area contributed by atoms with Crippen molar-refractivity contribution in [3.63, 3.8) is 0 Å². The van der Waals surface area contributed by atoms with Gasteiger partial charge in [0.2, 0.25) is 0 Å². The molecule has 168 valence electrons. The predicted molar refractivity (Wildman–Crippen MR) is 123 cm³/mol. The molecule has 33 heavy (non-hydrogen) atoms. The molecule has 4 N–H and O–H groups in total. The molecule has 1 aromatic heterocycles. The topological polar surface area (TPSA) is 109 Å². The Morgan fingerprint density at radius 2 is 1.82 bits per heavy atom. The van der Waals surface area contributed by atoms with E-state index in [1.807, 2.05) is 0 Å². The molecular formula is C24H20F2N4O2S. The molecule has 9 heteroatoms. The molecule has 1 heterocycles. The minimum atomic E-state index is -4.09. The molecule has 0 unspecified atom stereocenters. The summed E-state index contributed by atoms with van der Waals surface area (Å²) in [6.45, 7) is 0. The van der Waals surface area contributed by atoms with Crippen molar-refractivity contribution in [1.29, 1.82) is 5.41 Å². The minimum Gasteiger partial charge on any atom is -0.383 e. The number of rotatable bonds is 4. The van der Waals surface area contributed by atoms with E-state index in [2.05, 4.69) is 21.5 Å². The highest BCUT2D eigenvalue weighted by Gasteiger charge is 2.21. The summed E-state index contributed by atoms with van der Waals surface area (Å²) >= 11 is 0. The van der Waals surface area contributed by atoms with E-state index >= 15 is 4.39 Å². The van der Waals surface area contributed by atoms with Crippen LogP contribution < -0.4 is 10.5 Å². The van der Waals surface area contributed by atoms with Crippen molar-refractivity contribution in [2.45, 2.75) is 30.6 Å². The zero-order valence-corrected chi connectivity index (χ0v) is 18.3. The number of hydrogen-bond acceptors (Lipinski definition) is 5. The summed E-state index contributed by atoms with van der Waals surface area (Å²) in [7, 11) is -4.09. The molecule has 0 amide bonds. The van der Waals surface area contributed by atoms with Crippen molar-refractivity contribution in [2.75, 3.05) is 10.5 Å². The Kier molecular flexibility index (Phi) is 6.11. The van der Waals surface area contributed by atoms with E-state index in [9.17, 15) is 12.8 Å². The largest absolute Gasteiger partial charge is 0.383 e. The third kappa shape index (κ3) is 4.71. The number of sulfonamides is 1. The van der Waals surface area contributed by atoms with Crippen LogP contribution in [-0.4, -0.2) is 19.6 Å². The second-order valence-electron chi connectivity index (χ2n) is 7.62. The summed E-state index contributed by atoms with van der Waals surface area (Å²) in [5.74, 6) is 3.02. The summed E-state index contributed by atoms with van der Waals surface area (Å²) in [6.07, 6.45) is 6.06. The summed E-state index contributed by atoms with van der Waals surface area (Å²) in [6, 6.07) is 8.30. The molecule has 0 atom stereocenters. The van der Waals surface area contributed by atoms with E-state index in [1.165, 1.54) is 18.3 Å². The lowest BCUT2D eigenvalue weighted by atomic mass is 9.92. The van der Waals surface area contributed by atoms with Crippen molar-refractivity contribution in [2.24, 2.45) is 0 Å². The number of nitrogens with zero attached hydrogens (tertiary/aromatic N) is 1. The molecule has 4 rings (SSSR count). The SMILES string of the molecule is N=Cc1cc(C#Cc2c(F)ccc(NS(=O)(=O)c3ccc4c(c3)CCCC4)c2F)cnc1N. The van der Waals surface area contributed by atoms with Gasteiger partial charge in [-0.05, 0) is 67.1 Å². The van der Waals surface area contributed by atoms with Gasteiger partial charge in [-0.1, -0.05) is 17.9 Å². The monoisotopic (exact) mass is 466 g/mol. The average Bonchev–Trinajstić information content (AvgIpc) is 2.81. The summed E-state index contributed by atoms with van der Waals surface area (Å²) in [5, 5.41) is 7.30. The molecule has 0 bridgehead atoms. The smallest absolute Gasteiger partial charge is 0.261 e. The fourth-order valence-corrected chi connectivity index (χ4v) is 4.75. The number of fused-ring (bicyclic) bond motifs is 1. The van der Waals surface area contributed by atoms with E-state index in [1.54, 1.807) is 12.1 Å². The first kappa shape index (κ1) is 22.4. The Morgan fingerprint density at radius 1 is 1.06 bits per heavy atom. The molecule has 1 aliphatic carbocycles. The maximum absolute atomic E-state index is 15.0. The van der Waals surface area contributed by atoms with E-state index in [0.29, 0.717) is 11.1 Å². The molecule has 1 aliphatic rings. The van der Waals surface area contributed by atoms with Gasteiger partial charge >= 0.3 is 0 Å². The standard InChI is InChI=1S/C24H20F2N4O2S/c25-21-9-10-22(23(26)20(21)8-5-15-11-18(13-27)24(28)29-14-15)30-33(31,32)19-7-6-16-3-1-2-4-17(16)12-19/h6-7,9-14,27,30H,1-4H2,(H2,28,29). The number of nitrogen functional groups attached to an aromatic ring is 1. The van der Waals surface area contributed by atoms with Crippen LogP contribution in [0, 0.1) is 28.9 Å². The molecule has 2 aromatic carbocycles. The number of nitrogens with one attached hydrogen (secondary N) is 2. The Balaban J connectivity index is 1.66. The highest BCUT2D eigenvalue weighted by atomic mass is 32.2. The highest BCUT2D eigenvalue weighted by Crippen LogP contribution is 2.27.